The zero-order valence-electron chi connectivity index (χ0n) is 17.1. The van der Waals surface area contributed by atoms with E-state index in [1.54, 1.807) is 11.9 Å². The molecule has 1 aliphatic rings. The van der Waals surface area contributed by atoms with Crippen molar-refractivity contribution >= 4 is 23.6 Å². The molecule has 1 heterocycles. The van der Waals surface area contributed by atoms with Crippen molar-refractivity contribution < 1.29 is 14.3 Å². The van der Waals surface area contributed by atoms with Crippen LogP contribution in [-0.4, -0.2) is 60.7 Å². The molecule has 0 saturated carbocycles. The highest BCUT2D eigenvalue weighted by Crippen LogP contribution is 2.25. The molecule has 5 nitrogen and oxygen atoms in total. The number of ether oxygens (including phenoxy) is 1. The van der Waals surface area contributed by atoms with Gasteiger partial charge in [-0.3, -0.25) is 9.59 Å². The van der Waals surface area contributed by atoms with E-state index in [1.807, 2.05) is 60.4 Å². The Hall–Kier alpha value is -2.47. The largest absolute Gasteiger partial charge is 0.491 e. The van der Waals surface area contributed by atoms with Crippen LogP contribution in [-0.2, 0) is 4.79 Å². The van der Waals surface area contributed by atoms with Gasteiger partial charge in [0.1, 0.15) is 12.4 Å². The van der Waals surface area contributed by atoms with Gasteiger partial charge in [-0.2, -0.15) is 0 Å². The van der Waals surface area contributed by atoms with Crippen LogP contribution in [0.25, 0.3) is 0 Å². The first-order chi connectivity index (χ1) is 14.1. The van der Waals surface area contributed by atoms with Crippen molar-refractivity contribution in [3.05, 3.63) is 59.7 Å². The molecular formula is C23H28N2O3S. The lowest BCUT2D eigenvalue weighted by Crippen LogP contribution is -2.31. The lowest BCUT2D eigenvalue weighted by atomic mass is 10.2. The van der Waals surface area contributed by atoms with E-state index in [2.05, 4.69) is 0 Å². The van der Waals surface area contributed by atoms with Crippen LogP contribution in [0.4, 0.5) is 0 Å². The molecule has 0 N–H and O–H groups in total. The van der Waals surface area contributed by atoms with Gasteiger partial charge in [0.05, 0.1) is 17.9 Å². The third kappa shape index (κ3) is 5.76. The number of aryl methyl sites for hydroxylation is 1. The van der Waals surface area contributed by atoms with Crippen molar-refractivity contribution in [2.24, 2.45) is 0 Å². The summed E-state index contributed by atoms with van der Waals surface area (Å²) in [6.45, 7) is 4.61. The van der Waals surface area contributed by atoms with E-state index in [1.165, 1.54) is 11.8 Å². The average Bonchev–Trinajstić information content (AvgIpc) is 3.28. The van der Waals surface area contributed by atoms with E-state index in [-0.39, 0.29) is 11.8 Å². The van der Waals surface area contributed by atoms with Gasteiger partial charge in [0, 0.05) is 25.0 Å². The molecule has 154 valence electrons. The van der Waals surface area contributed by atoms with Gasteiger partial charge in [-0.25, -0.2) is 0 Å². The molecule has 2 amide bonds. The van der Waals surface area contributed by atoms with Crippen molar-refractivity contribution in [2.45, 2.75) is 24.7 Å². The number of hydrogen-bond donors (Lipinski definition) is 0. The molecule has 2 aromatic carbocycles. The van der Waals surface area contributed by atoms with Crippen LogP contribution in [0.3, 0.4) is 0 Å². The van der Waals surface area contributed by atoms with Crippen molar-refractivity contribution in [1.82, 2.24) is 9.80 Å². The predicted octanol–water partition coefficient (Wildman–Crippen LogP) is 3.86. The number of nitrogens with zero attached hydrogens (tertiary/aromatic N) is 2. The summed E-state index contributed by atoms with van der Waals surface area (Å²) >= 11 is 1.44. The lowest BCUT2D eigenvalue weighted by Gasteiger charge is -2.20. The molecule has 0 aromatic heterocycles. The van der Waals surface area contributed by atoms with Gasteiger partial charge in [-0.1, -0.05) is 30.3 Å². The minimum Gasteiger partial charge on any atom is -0.491 e. The molecule has 2 aromatic rings. The van der Waals surface area contributed by atoms with Crippen LogP contribution in [0.2, 0.25) is 0 Å². The Morgan fingerprint density at radius 3 is 2.52 bits per heavy atom. The molecule has 6 heteroatoms. The van der Waals surface area contributed by atoms with Gasteiger partial charge in [-0.15, -0.1) is 11.8 Å². The Bertz CT molecular complexity index is 850. The highest BCUT2D eigenvalue weighted by Gasteiger charge is 2.20. The van der Waals surface area contributed by atoms with Crippen molar-refractivity contribution in [3.63, 3.8) is 0 Å². The van der Waals surface area contributed by atoms with Gasteiger partial charge in [0.2, 0.25) is 5.91 Å². The van der Waals surface area contributed by atoms with Gasteiger partial charge in [-0.05, 0) is 43.5 Å². The van der Waals surface area contributed by atoms with Gasteiger partial charge >= 0.3 is 0 Å². The number of carbonyl (C=O) groups is 2. The molecule has 1 saturated heterocycles. The van der Waals surface area contributed by atoms with E-state index >= 15 is 0 Å². The van der Waals surface area contributed by atoms with Gasteiger partial charge < -0.3 is 14.5 Å². The van der Waals surface area contributed by atoms with Crippen molar-refractivity contribution in [2.75, 3.05) is 39.0 Å². The number of thioether (sulfide) groups is 1. The number of amides is 2. The summed E-state index contributed by atoms with van der Waals surface area (Å²) in [5.74, 6) is 1.29. The summed E-state index contributed by atoms with van der Waals surface area (Å²) in [7, 11) is 1.78. The van der Waals surface area contributed by atoms with Gasteiger partial charge in [0.15, 0.2) is 0 Å². The molecule has 0 bridgehead atoms. The first-order valence-electron chi connectivity index (χ1n) is 10.00. The standard InChI is InChI=1S/C23H28N2O3S/c1-18-9-3-5-11-20(18)28-16-15-24(2)23(27)19-10-4-6-12-21(19)29-17-22(26)25-13-7-8-14-25/h3-6,9-12H,7-8,13-17H2,1-2H3. The summed E-state index contributed by atoms with van der Waals surface area (Å²) in [5.41, 5.74) is 1.70. The highest BCUT2D eigenvalue weighted by molar-refractivity contribution is 8.00. The number of carbonyl (C=O) groups excluding carboxylic acids is 2. The Labute approximate surface area is 177 Å². The first kappa shape index (κ1) is 21.2. The smallest absolute Gasteiger partial charge is 0.254 e. The molecular weight excluding hydrogens is 384 g/mol. The van der Waals surface area contributed by atoms with Gasteiger partial charge in [0.25, 0.3) is 5.91 Å². The molecule has 0 atom stereocenters. The van der Waals surface area contributed by atoms with E-state index in [9.17, 15) is 9.59 Å². The number of rotatable bonds is 8. The maximum atomic E-state index is 12.9. The second-order valence-electron chi connectivity index (χ2n) is 7.21. The minimum absolute atomic E-state index is 0.0601. The summed E-state index contributed by atoms with van der Waals surface area (Å²) in [6.07, 6.45) is 2.17. The zero-order chi connectivity index (χ0) is 20.6. The molecule has 0 aliphatic carbocycles. The van der Waals surface area contributed by atoms with Crippen LogP contribution in [0, 0.1) is 6.92 Å². The number of hydrogen-bond acceptors (Lipinski definition) is 4. The third-order valence-electron chi connectivity index (χ3n) is 5.05. The Morgan fingerprint density at radius 2 is 1.76 bits per heavy atom. The maximum absolute atomic E-state index is 12.9. The quantitative estimate of drug-likeness (QED) is 0.618. The minimum atomic E-state index is -0.0601. The molecule has 3 rings (SSSR count). The maximum Gasteiger partial charge on any atom is 0.254 e. The summed E-state index contributed by atoms with van der Waals surface area (Å²) in [5, 5.41) is 0. The normalized spacial score (nSPS) is 13.4. The average molecular weight is 413 g/mol. The van der Waals surface area contributed by atoms with Crippen LogP contribution in [0.1, 0.15) is 28.8 Å². The molecule has 1 fully saturated rings. The SMILES string of the molecule is Cc1ccccc1OCCN(C)C(=O)c1ccccc1SCC(=O)N1CCCC1. The lowest BCUT2D eigenvalue weighted by molar-refractivity contribution is -0.127. The monoisotopic (exact) mass is 412 g/mol. The fraction of sp³-hybridized carbons (Fsp3) is 0.391. The van der Waals surface area contributed by atoms with Crippen LogP contribution < -0.4 is 4.74 Å². The topological polar surface area (TPSA) is 49.9 Å². The van der Waals surface area contributed by atoms with E-state index < -0.39 is 0 Å². The van der Waals surface area contributed by atoms with E-state index in [4.69, 9.17) is 4.74 Å². The Kier molecular flexibility index (Phi) is 7.58. The number of likely N-dealkylation sites (N-methyl/N-ethyl adjacent to an activating group) is 1. The van der Waals surface area contributed by atoms with E-state index in [0.29, 0.717) is 24.5 Å². The summed E-state index contributed by atoms with van der Waals surface area (Å²) in [4.78, 5) is 29.7. The fourth-order valence-corrected chi connectivity index (χ4v) is 4.23. The summed E-state index contributed by atoms with van der Waals surface area (Å²) < 4.78 is 5.81. The highest BCUT2D eigenvalue weighted by atomic mass is 32.2. The first-order valence-corrected chi connectivity index (χ1v) is 11.0. The number of benzene rings is 2. The molecule has 0 unspecified atom stereocenters. The predicted molar refractivity (Wildman–Crippen MR) is 117 cm³/mol. The van der Waals surface area contributed by atoms with Crippen LogP contribution in [0.5, 0.6) is 5.75 Å². The fourth-order valence-electron chi connectivity index (χ4n) is 3.28. The molecule has 0 radical (unpaired) electrons. The second kappa shape index (κ2) is 10.3. The van der Waals surface area contributed by atoms with Crippen molar-refractivity contribution in [1.29, 1.82) is 0 Å². The molecule has 29 heavy (non-hydrogen) atoms. The number of para-hydroxylation sites is 1. The van der Waals surface area contributed by atoms with E-state index in [0.717, 1.165) is 42.1 Å². The molecule has 1 aliphatic heterocycles. The summed E-state index contributed by atoms with van der Waals surface area (Å²) in [6, 6.07) is 15.3. The molecule has 0 spiro atoms. The van der Waals surface area contributed by atoms with Crippen LogP contribution in [0.15, 0.2) is 53.4 Å². The third-order valence-corrected chi connectivity index (χ3v) is 6.11. The number of likely N-dealkylation sites (tertiary alicyclic amines) is 1. The second-order valence-corrected chi connectivity index (χ2v) is 8.23. The Morgan fingerprint density at radius 1 is 1.07 bits per heavy atom. The zero-order valence-corrected chi connectivity index (χ0v) is 17.9. The van der Waals surface area contributed by atoms with Crippen molar-refractivity contribution in [3.8, 4) is 5.75 Å². The Balaban J connectivity index is 1.55. The van der Waals surface area contributed by atoms with Crippen LogP contribution >= 0.6 is 11.8 Å².